The molecule has 0 bridgehead atoms. The molecule has 0 heterocycles. The van der Waals surface area contributed by atoms with Gasteiger partial charge in [-0.05, 0) is 0 Å². The smallest absolute Gasteiger partial charge is 0.391 e. The summed E-state index contributed by atoms with van der Waals surface area (Å²) < 4.78 is 0. The van der Waals surface area contributed by atoms with E-state index in [2.05, 4.69) is 0 Å². The molecular weight excluding hydrogens is 92.7 g/mol. The van der Waals surface area contributed by atoms with Crippen molar-refractivity contribution in [3.8, 4) is 0 Å². The van der Waals surface area contributed by atoms with Crippen LogP contribution in [0, 0.1) is 0 Å². The molecule has 2 N–H and O–H groups in total. The number of rotatable bonds is 0. The van der Waals surface area contributed by atoms with E-state index in [1.807, 2.05) is 0 Å². The van der Waals surface area contributed by atoms with Crippen LogP contribution in [0.3, 0.4) is 0 Å². The molecule has 0 saturated heterocycles. The fourth-order valence-electron chi connectivity index (χ4n) is 0. The van der Waals surface area contributed by atoms with Gasteiger partial charge in [-0.1, -0.05) is 0 Å². The van der Waals surface area contributed by atoms with Crippen molar-refractivity contribution < 1.29 is 10.0 Å². The third-order valence-corrected chi connectivity index (χ3v) is 0. The summed E-state index contributed by atoms with van der Waals surface area (Å²) in [6.45, 7) is 0. The van der Waals surface area contributed by atoms with Crippen LogP contribution in [0.4, 0.5) is 0 Å². The monoisotopic (exact) mass is 97.0 g/mol. The van der Waals surface area contributed by atoms with Gasteiger partial charge >= 0.3 is 7.01 Å². The summed E-state index contributed by atoms with van der Waals surface area (Å²) in [5, 5.41) is 15.2. The zero-order valence-electron chi connectivity index (χ0n) is 3.47. The Bertz CT molecular complexity index is 12.4. The Morgan fingerprint density at radius 2 is 1.40 bits per heavy atom. The van der Waals surface area contributed by atoms with Crippen LogP contribution in [0.25, 0.3) is 0 Å². The summed E-state index contributed by atoms with van der Waals surface area (Å²) >= 11 is 0. The second-order valence-corrected chi connectivity index (χ2v) is 0.632. The van der Waals surface area contributed by atoms with E-state index in [0.717, 1.165) is 0 Å². The second kappa shape index (κ2) is 5.69. The zero-order valence-corrected chi connectivity index (χ0v) is 6.59. The van der Waals surface area contributed by atoms with Crippen molar-refractivity contribution in [2.75, 3.05) is 0 Å². The van der Waals surface area contributed by atoms with Gasteiger partial charge in [-0.3, -0.25) is 0 Å². The van der Waals surface area contributed by atoms with E-state index in [-0.39, 0.29) is 51.4 Å². The Hall–Kier alpha value is 1.69. The first-order valence-electron chi connectivity index (χ1n) is 1.09. The minimum absolute atomic E-state index is 0. The van der Waals surface area contributed by atoms with Gasteiger partial charge < -0.3 is 10.0 Å². The van der Waals surface area contributed by atoms with Gasteiger partial charge in [-0.15, -0.1) is 0 Å². The summed E-state index contributed by atoms with van der Waals surface area (Å²) in [5.41, 5.74) is 0. The molecule has 23 valence electrons. The van der Waals surface area contributed by atoms with Crippen molar-refractivity contribution in [1.82, 2.24) is 0 Å². The Morgan fingerprint density at radius 3 is 1.40 bits per heavy atom. The van der Waals surface area contributed by atoms with E-state index < -0.39 is 7.01 Å². The minimum Gasteiger partial charge on any atom is -0.434 e. The van der Waals surface area contributed by atoms with Crippen molar-refractivity contribution >= 4 is 66.1 Å². The topological polar surface area (TPSA) is 40.5 Å². The zero-order chi connectivity index (χ0) is 3.58. The maximum Gasteiger partial charge on any atom is 0.391 e. The van der Waals surface area contributed by atoms with Crippen LogP contribution in [-0.4, -0.2) is 76.2 Å². The maximum atomic E-state index is 7.61. The van der Waals surface area contributed by atoms with Gasteiger partial charge in [0.05, 0.1) is 0 Å². The predicted molar refractivity (Wildman–Crippen MR) is 24.5 cm³/mol. The molecular formula is H4B2KO2. The fraction of sp³-hybridized carbons (Fsp3) is 0. The van der Waals surface area contributed by atoms with E-state index in [1.54, 1.807) is 0 Å². The molecule has 0 aromatic carbocycles. The molecule has 0 atom stereocenters. The van der Waals surface area contributed by atoms with Crippen molar-refractivity contribution in [3.63, 3.8) is 0 Å². The third kappa shape index (κ3) is 27.2. The summed E-state index contributed by atoms with van der Waals surface area (Å²) in [5.74, 6) is 0. The average molecular weight is 96.8 g/mol. The molecule has 0 fully saturated rings. The van der Waals surface area contributed by atoms with E-state index in [9.17, 15) is 0 Å². The molecule has 5 heavy (non-hydrogen) atoms. The third-order valence-electron chi connectivity index (χ3n) is 0. The first-order chi connectivity index (χ1) is 1.73. The Morgan fingerprint density at radius 1 is 1.40 bits per heavy atom. The average Bonchev–Trinajstić information content (AvgIpc) is 0.811. The number of hydrogen-bond acceptors (Lipinski definition) is 2. The minimum atomic E-state index is -1.17. The molecule has 0 unspecified atom stereocenters. The van der Waals surface area contributed by atoms with Gasteiger partial charge in [0.25, 0.3) is 0 Å². The van der Waals surface area contributed by atoms with E-state index in [0.29, 0.717) is 0 Å². The molecule has 0 amide bonds. The molecule has 1 radical (unpaired) electrons. The van der Waals surface area contributed by atoms with Crippen LogP contribution < -0.4 is 0 Å². The molecule has 0 aliphatic heterocycles. The predicted octanol–water partition coefficient (Wildman–Crippen LogP) is -2.79. The van der Waals surface area contributed by atoms with Gasteiger partial charge in [0.15, 0.2) is 7.74 Å². The van der Waals surface area contributed by atoms with Crippen molar-refractivity contribution in [3.05, 3.63) is 0 Å². The standard InChI is InChI=1S/B2H4O2.K/c1-2(3)4;/h3-4H,1H2;. The van der Waals surface area contributed by atoms with Crippen LogP contribution in [-0.2, 0) is 0 Å². The summed E-state index contributed by atoms with van der Waals surface area (Å²) in [6, 6.07) is 0. The summed E-state index contributed by atoms with van der Waals surface area (Å²) in [4.78, 5) is 0. The Balaban J connectivity index is 0. The Kier molecular flexibility index (Phi) is 11.2. The quantitative estimate of drug-likeness (QED) is 0.320. The molecule has 0 aliphatic rings. The second-order valence-electron chi connectivity index (χ2n) is 0.632. The van der Waals surface area contributed by atoms with Crippen LogP contribution >= 0.6 is 0 Å². The number of hydrogen-bond donors (Lipinski definition) is 2. The molecule has 0 aromatic rings. The summed E-state index contributed by atoms with van der Waals surface area (Å²) in [7, 11) is 0.111. The molecule has 0 spiro atoms. The van der Waals surface area contributed by atoms with Crippen molar-refractivity contribution in [1.29, 1.82) is 0 Å². The van der Waals surface area contributed by atoms with Gasteiger partial charge in [-0.2, -0.15) is 0 Å². The SMILES string of the molecule is BB(O)O.[K]. The van der Waals surface area contributed by atoms with Crippen LogP contribution in [0.2, 0.25) is 0 Å². The summed E-state index contributed by atoms with van der Waals surface area (Å²) in [6.07, 6.45) is 0. The van der Waals surface area contributed by atoms with E-state index in [1.165, 1.54) is 7.74 Å². The van der Waals surface area contributed by atoms with Gasteiger partial charge in [0.2, 0.25) is 0 Å². The first-order valence-corrected chi connectivity index (χ1v) is 1.09. The fourth-order valence-corrected chi connectivity index (χ4v) is 0. The molecule has 2 nitrogen and oxygen atoms in total. The van der Waals surface area contributed by atoms with Gasteiger partial charge in [-0.25, -0.2) is 0 Å². The normalized spacial score (nSPS) is 5.20. The molecule has 5 heteroatoms. The van der Waals surface area contributed by atoms with Crippen molar-refractivity contribution in [2.24, 2.45) is 0 Å². The molecule has 0 aromatic heterocycles. The van der Waals surface area contributed by atoms with Crippen LogP contribution in [0.15, 0.2) is 0 Å². The first kappa shape index (κ1) is 9.84. The maximum absolute atomic E-state index is 7.61. The molecule has 0 aliphatic carbocycles. The van der Waals surface area contributed by atoms with Gasteiger partial charge in [0, 0.05) is 51.4 Å². The van der Waals surface area contributed by atoms with E-state index in [4.69, 9.17) is 10.0 Å². The largest absolute Gasteiger partial charge is 0.434 e. The van der Waals surface area contributed by atoms with Crippen LogP contribution in [0.1, 0.15) is 0 Å². The Labute approximate surface area is 74.9 Å². The van der Waals surface area contributed by atoms with Crippen LogP contribution in [0.5, 0.6) is 0 Å². The molecule has 0 saturated carbocycles. The molecule has 0 rings (SSSR count). The van der Waals surface area contributed by atoms with E-state index >= 15 is 0 Å². The van der Waals surface area contributed by atoms with Crippen molar-refractivity contribution in [2.45, 2.75) is 0 Å². The van der Waals surface area contributed by atoms with Gasteiger partial charge in [0.1, 0.15) is 0 Å².